The number of carbonyl (C=O) groups excluding carboxylic acids is 1. The lowest BCUT2D eigenvalue weighted by Crippen LogP contribution is -2.34. The van der Waals surface area contributed by atoms with E-state index >= 15 is 0 Å². The minimum atomic E-state index is -0.0689. The van der Waals surface area contributed by atoms with Crippen LogP contribution in [0.25, 0.3) is 0 Å². The Balaban J connectivity index is 2.24. The van der Waals surface area contributed by atoms with Crippen molar-refractivity contribution in [2.75, 3.05) is 12.0 Å². The smallest absolute Gasteiger partial charge is 0.274 e. The second-order valence-electron chi connectivity index (χ2n) is 4.97. The van der Waals surface area contributed by atoms with Crippen molar-refractivity contribution in [3.63, 3.8) is 0 Å². The molecule has 0 aromatic carbocycles. The van der Waals surface area contributed by atoms with Crippen LogP contribution < -0.4 is 16.3 Å². The maximum Gasteiger partial charge on any atom is 0.274 e. The van der Waals surface area contributed by atoms with Gasteiger partial charge < -0.3 is 10.7 Å². The molecule has 1 aromatic heterocycles. The van der Waals surface area contributed by atoms with Crippen LogP contribution in [0.15, 0.2) is 10.9 Å². The van der Waals surface area contributed by atoms with E-state index in [1.54, 1.807) is 4.68 Å². The van der Waals surface area contributed by atoms with Gasteiger partial charge in [0, 0.05) is 36.7 Å². The van der Waals surface area contributed by atoms with E-state index in [1.165, 1.54) is 0 Å². The number of hydrogen-bond donors (Lipinski definition) is 2. The number of amides is 1. The van der Waals surface area contributed by atoms with E-state index in [4.69, 9.17) is 0 Å². The summed E-state index contributed by atoms with van der Waals surface area (Å²) in [5.41, 5.74) is 5.60. The predicted octanol–water partition coefficient (Wildman–Crippen LogP) is 0.529. The summed E-state index contributed by atoms with van der Waals surface area (Å²) in [5.74, 6) is -0.104. The van der Waals surface area contributed by atoms with Gasteiger partial charge in [0.1, 0.15) is 0 Å². The third-order valence-electron chi connectivity index (χ3n) is 3.22. The number of hydrogen-bond acceptors (Lipinski definition) is 3. The summed E-state index contributed by atoms with van der Waals surface area (Å²) in [6.45, 7) is 6.66. The standard InChI is InChI=1S/C13H19N3O2/c1-8(2)12(17)14-7-11-9(3)6-10-4-5-15-16(10)13(11)18/h6,8,15H,4-5,7H2,1-3H3,(H,14,17). The van der Waals surface area contributed by atoms with Gasteiger partial charge >= 0.3 is 0 Å². The molecule has 0 unspecified atom stereocenters. The number of nitrogens with one attached hydrogen (secondary N) is 2. The Bertz CT molecular complexity index is 532. The van der Waals surface area contributed by atoms with Gasteiger partial charge in [-0.25, -0.2) is 4.68 Å². The summed E-state index contributed by atoms with van der Waals surface area (Å²) in [5, 5.41) is 2.79. The molecule has 1 amide bonds. The first-order valence-electron chi connectivity index (χ1n) is 6.26. The van der Waals surface area contributed by atoms with Crippen molar-refractivity contribution < 1.29 is 4.79 Å². The van der Waals surface area contributed by atoms with E-state index in [0.29, 0.717) is 12.1 Å². The Kier molecular flexibility index (Phi) is 3.41. The summed E-state index contributed by atoms with van der Waals surface area (Å²) < 4.78 is 1.59. The second kappa shape index (κ2) is 4.84. The van der Waals surface area contributed by atoms with E-state index in [1.807, 2.05) is 26.8 Å². The first kappa shape index (κ1) is 12.7. The fourth-order valence-corrected chi connectivity index (χ4v) is 2.08. The van der Waals surface area contributed by atoms with E-state index in [2.05, 4.69) is 10.7 Å². The SMILES string of the molecule is Cc1cc2n(c(=O)c1CNC(=O)C(C)C)NCC2. The quantitative estimate of drug-likeness (QED) is 0.821. The highest BCUT2D eigenvalue weighted by atomic mass is 16.2. The minimum absolute atomic E-state index is 0.0349. The predicted molar refractivity (Wildman–Crippen MR) is 70.1 cm³/mol. The number of carbonyl (C=O) groups is 1. The third-order valence-corrected chi connectivity index (χ3v) is 3.22. The molecule has 1 aliphatic heterocycles. The molecule has 0 fully saturated rings. The molecule has 0 radical (unpaired) electrons. The molecule has 0 spiro atoms. The lowest BCUT2D eigenvalue weighted by atomic mass is 10.1. The van der Waals surface area contributed by atoms with Crippen molar-refractivity contribution in [2.24, 2.45) is 5.92 Å². The molecule has 98 valence electrons. The van der Waals surface area contributed by atoms with Gasteiger partial charge in [-0.1, -0.05) is 13.8 Å². The van der Waals surface area contributed by atoms with Gasteiger partial charge in [-0.2, -0.15) is 0 Å². The third kappa shape index (κ3) is 2.25. The number of nitrogens with zero attached hydrogens (tertiary/aromatic N) is 1. The fraction of sp³-hybridized carbons (Fsp3) is 0.538. The highest BCUT2D eigenvalue weighted by Gasteiger charge is 2.17. The Morgan fingerprint density at radius 1 is 1.56 bits per heavy atom. The molecular weight excluding hydrogens is 230 g/mol. The average molecular weight is 249 g/mol. The molecule has 0 saturated carbocycles. The summed E-state index contributed by atoms with van der Waals surface area (Å²) >= 11 is 0. The maximum atomic E-state index is 12.2. The highest BCUT2D eigenvalue weighted by Crippen LogP contribution is 2.10. The van der Waals surface area contributed by atoms with E-state index < -0.39 is 0 Å². The Morgan fingerprint density at radius 3 is 2.94 bits per heavy atom. The van der Waals surface area contributed by atoms with Gasteiger partial charge in [0.05, 0.1) is 0 Å². The number of aryl methyl sites for hydroxylation is 1. The number of pyridine rings is 1. The van der Waals surface area contributed by atoms with Gasteiger partial charge in [-0.15, -0.1) is 0 Å². The van der Waals surface area contributed by atoms with Crippen molar-refractivity contribution in [3.8, 4) is 0 Å². The number of aromatic nitrogens is 1. The molecule has 2 N–H and O–H groups in total. The van der Waals surface area contributed by atoms with Gasteiger partial charge in [-0.05, 0) is 18.6 Å². The molecule has 0 aliphatic carbocycles. The van der Waals surface area contributed by atoms with Gasteiger partial charge in [-0.3, -0.25) is 9.59 Å². The second-order valence-corrected chi connectivity index (χ2v) is 4.97. The summed E-state index contributed by atoms with van der Waals surface area (Å²) in [4.78, 5) is 23.8. The summed E-state index contributed by atoms with van der Waals surface area (Å²) in [7, 11) is 0. The molecule has 2 heterocycles. The van der Waals surface area contributed by atoms with Crippen LogP contribution >= 0.6 is 0 Å². The molecule has 5 heteroatoms. The van der Waals surface area contributed by atoms with Crippen LogP contribution in [0.4, 0.5) is 0 Å². The van der Waals surface area contributed by atoms with Gasteiger partial charge in [0.25, 0.3) is 5.56 Å². The number of rotatable bonds is 3. The fourth-order valence-electron chi connectivity index (χ4n) is 2.08. The zero-order chi connectivity index (χ0) is 13.3. The van der Waals surface area contributed by atoms with Crippen molar-refractivity contribution in [1.82, 2.24) is 9.99 Å². The van der Waals surface area contributed by atoms with Crippen molar-refractivity contribution >= 4 is 5.91 Å². The van der Waals surface area contributed by atoms with Crippen molar-refractivity contribution in [1.29, 1.82) is 0 Å². The molecule has 0 bridgehead atoms. The highest BCUT2D eigenvalue weighted by molar-refractivity contribution is 5.77. The van der Waals surface area contributed by atoms with E-state index in [-0.39, 0.29) is 17.4 Å². The maximum absolute atomic E-state index is 12.2. The normalized spacial score (nSPS) is 13.3. The van der Waals surface area contributed by atoms with Crippen molar-refractivity contribution in [3.05, 3.63) is 33.2 Å². The molecule has 5 nitrogen and oxygen atoms in total. The van der Waals surface area contributed by atoms with Crippen LogP contribution in [0.2, 0.25) is 0 Å². The monoisotopic (exact) mass is 249 g/mol. The van der Waals surface area contributed by atoms with Crippen LogP contribution in [-0.4, -0.2) is 17.1 Å². The zero-order valence-electron chi connectivity index (χ0n) is 11.0. The van der Waals surface area contributed by atoms with Crippen molar-refractivity contribution in [2.45, 2.75) is 33.7 Å². The zero-order valence-corrected chi connectivity index (χ0v) is 11.0. The molecule has 1 aromatic rings. The van der Waals surface area contributed by atoms with Gasteiger partial charge in [0.2, 0.25) is 5.91 Å². The largest absolute Gasteiger partial charge is 0.352 e. The first-order chi connectivity index (χ1) is 8.50. The molecular formula is C13H19N3O2. The summed E-state index contributed by atoms with van der Waals surface area (Å²) in [6.07, 6.45) is 0.870. The summed E-state index contributed by atoms with van der Waals surface area (Å²) in [6, 6.07) is 2.01. The first-order valence-corrected chi connectivity index (χ1v) is 6.26. The lowest BCUT2D eigenvalue weighted by Gasteiger charge is -2.12. The Hall–Kier alpha value is -1.78. The van der Waals surface area contributed by atoms with Crippen LogP contribution in [-0.2, 0) is 17.8 Å². The van der Waals surface area contributed by atoms with Crippen LogP contribution in [0, 0.1) is 12.8 Å². The Labute approximate surface area is 106 Å². The number of fused-ring (bicyclic) bond motifs is 1. The minimum Gasteiger partial charge on any atom is -0.352 e. The molecule has 2 rings (SSSR count). The molecule has 0 atom stereocenters. The van der Waals surface area contributed by atoms with Crippen LogP contribution in [0.1, 0.15) is 30.7 Å². The van der Waals surface area contributed by atoms with Gasteiger partial charge in [0.15, 0.2) is 0 Å². The topological polar surface area (TPSA) is 63.1 Å². The van der Waals surface area contributed by atoms with Crippen LogP contribution in [0.3, 0.4) is 0 Å². The average Bonchev–Trinajstić information content (AvgIpc) is 2.76. The molecule has 1 aliphatic rings. The van der Waals surface area contributed by atoms with E-state index in [9.17, 15) is 9.59 Å². The molecule has 0 saturated heterocycles. The lowest BCUT2D eigenvalue weighted by molar-refractivity contribution is -0.124. The van der Waals surface area contributed by atoms with Crippen LogP contribution in [0.5, 0.6) is 0 Å². The molecule has 18 heavy (non-hydrogen) atoms. The Morgan fingerprint density at radius 2 is 2.28 bits per heavy atom. The van der Waals surface area contributed by atoms with E-state index in [0.717, 1.165) is 24.2 Å².